The Labute approximate surface area is 208 Å². The summed E-state index contributed by atoms with van der Waals surface area (Å²) in [6, 6.07) is 21.8. The largest absolute Gasteiger partial charge is 0.372 e. The second kappa shape index (κ2) is 10.5. The highest BCUT2D eigenvalue weighted by molar-refractivity contribution is 7.92. The van der Waals surface area contributed by atoms with Crippen LogP contribution in [0.1, 0.15) is 42.5 Å². The predicted octanol–water partition coefficient (Wildman–Crippen LogP) is 4.98. The molecule has 1 fully saturated rings. The number of nitrogens with zero attached hydrogens (tertiary/aromatic N) is 2. The van der Waals surface area contributed by atoms with Crippen molar-refractivity contribution in [1.29, 1.82) is 0 Å². The fraction of sp³-hybridized carbons (Fsp3) is 0.321. The maximum absolute atomic E-state index is 13.6. The van der Waals surface area contributed by atoms with E-state index in [0.717, 1.165) is 29.8 Å². The molecule has 0 spiro atoms. The molecule has 0 aromatic heterocycles. The minimum absolute atomic E-state index is 0.151. The van der Waals surface area contributed by atoms with Crippen LogP contribution < -0.4 is 14.5 Å². The molecule has 1 aliphatic rings. The molecule has 6 nitrogen and oxygen atoms in total. The van der Waals surface area contributed by atoms with Gasteiger partial charge in [-0.2, -0.15) is 0 Å². The minimum atomic E-state index is -3.93. The van der Waals surface area contributed by atoms with Crippen molar-refractivity contribution in [3.8, 4) is 0 Å². The quantitative estimate of drug-likeness (QED) is 0.483. The molecule has 0 bridgehead atoms. The van der Waals surface area contributed by atoms with E-state index in [2.05, 4.69) is 22.3 Å². The molecule has 1 atom stereocenters. The Hall–Kier alpha value is -3.32. The van der Waals surface area contributed by atoms with Gasteiger partial charge in [0.25, 0.3) is 10.0 Å². The lowest BCUT2D eigenvalue weighted by atomic mass is 10.1. The van der Waals surface area contributed by atoms with Crippen molar-refractivity contribution in [2.75, 3.05) is 28.8 Å². The third kappa shape index (κ3) is 5.68. The Morgan fingerprint density at radius 3 is 2.26 bits per heavy atom. The summed E-state index contributed by atoms with van der Waals surface area (Å²) in [5.41, 5.74) is 4.49. The van der Waals surface area contributed by atoms with E-state index in [1.54, 1.807) is 36.4 Å². The SMILES string of the molecule is Cc1ccc(N(CC(=O)NC(C)c2ccc(N3CCCC3)cc2)S(=O)(=O)c2ccccc2)c(C)c1. The molecule has 1 unspecified atom stereocenters. The lowest BCUT2D eigenvalue weighted by molar-refractivity contribution is -0.120. The van der Waals surface area contributed by atoms with Gasteiger partial charge in [0, 0.05) is 18.8 Å². The molecule has 0 radical (unpaired) electrons. The van der Waals surface area contributed by atoms with Gasteiger partial charge in [-0.1, -0.05) is 48.0 Å². The van der Waals surface area contributed by atoms with Crippen molar-refractivity contribution >= 4 is 27.3 Å². The van der Waals surface area contributed by atoms with Crippen molar-refractivity contribution in [2.45, 2.75) is 44.6 Å². The van der Waals surface area contributed by atoms with Gasteiger partial charge < -0.3 is 10.2 Å². The smallest absolute Gasteiger partial charge is 0.264 e. The number of hydrogen-bond acceptors (Lipinski definition) is 4. The molecule has 7 heteroatoms. The Kier molecular flexibility index (Phi) is 7.45. The normalized spacial score (nSPS) is 14.5. The van der Waals surface area contributed by atoms with Crippen LogP contribution in [0.25, 0.3) is 0 Å². The Balaban J connectivity index is 1.54. The highest BCUT2D eigenvalue weighted by Gasteiger charge is 2.28. The van der Waals surface area contributed by atoms with Crippen LogP contribution in [0.4, 0.5) is 11.4 Å². The first-order valence-electron chi connectivity index (χ1n) is 12.0. The van der Waals surface area contributed by atoms with Crippen molar-refractivity contribution in [3.63, 3.8) is 0 Å². The van der Waals surface area contributed by atoms with Crippen molar-refractivity contribution in [2.24, 2.45) is 0 Å². The van der Waals surface area contributed by atoms with E-state index in [4.69, 9.17) is 0 Å². The number of hydrogen-bond donors (Lipinski definition) is 1. The number of amides is 1. The third-order valence-corrected chi connectivity index (χ3v) is 8.26. The van der Waals surface area contributed by atoms with E-state index in [1.807, 2.05) is 45.0 Å². The van der Waals surface area contributed by atoms with Crippen LogP contribution in [0.3, 0.4) is 0 Å². The van der Waals surface area contributed by atoms with E-state index >= 15 is 0 Å². The average molecular weight is 492 g/mol. The predicted molar refractivity (Wildman–Crippen MR) is 141 cm³/mol. The zero-order chi connectivity index (χ0) is 25.0. The molecule has 3 aromatic rings. The monoisotopic (exact) mass is 491 g/mol. The van der Waals surface area contributed by atoms with E-state index < -0.39 is 10.0 Å². The average Bonchev–Trinajstić information content (AvgIpc) is 3.39. The summed E-state index contributed by atoms with van der Waals surface area (Å²) >= 11 is 0. The van der Waals surface area contributed by atoms with Gasteiger partial charge in [-0.3, -0.25) is 9.10 Å². The molecule has 1 heterocycles. The molecule has 0 aliphatic carbocycles. The fourth-order valence-electron chi connectivity index (χ4n) is 4.55. The van der Waals surface area contributed by atoms with Crippen molar-refractivity contribution in [3.05, 3.63) is 89.5 Å². The summed E-state index contributed by atoms with van der Waals surface area (Å²) in [5, 5.41) is 2.98. The van der Waals surface area contributed by atoms with Gasteiger partial charge in [0.15, 0.2) is 0 Å². The molecule has 1 aliphatic heterocycles. The maximum Gasteiger partial charge on any atom is 0.264 e. The Morgan fingerprint density at radius 1 is 0.971 bits per heavy atom. The molecule has 1 N–H and O–H groups in total. The van der Waals surface area contributed by atoms with Crippen LogP contribution in [0.15, 0.2) is 77.7 Å². The molecule has 1 saturated heterocycles. The molecule has 4 rings (SSSR count). The lowest BCUT2D eigenvalue weighted by Crippen LogP contribution is -2.42. The first-order chi connectivity index (χ1) is 16.8. The number of carbonyl (C=O) groups is 1. The van der Waals surface area contributed by atoms with Crippen molar-refractivity contribution in [1.82, 2.24) is 5.32 Å². The number of aryl methyl sites for hydroxylation is 2. The van der Waals surface area contributed by atoms with Crippen LogP contribution in [-0.4, -0.2) is 34.0 Å². The van der Waals surface area contributed by atoms with E-state index in [9.17, 15) is 13.2 Å². The Bertz CT molecular complexity index is 1270. The standard InChI is InChI=1S/C28H33N3O3S/c1-21-11-16-27(22(2)19-21)31(35(33,34)26-9-5-4-6-10-26)20-28(32)29-23(3)24-12-14-25(15-13-24)30-17-7-8-18-30/h4-6,9-16,19,23H,7-8,17-18,20H2,1-3H3,(H,29,32). The molecular weight excluding hydrogens is 458 g/mol. The van der Waals surface area contributed by atoms with Gasteiger partial charge in [-0.05, 0) is 75.1 Å². The van der Waals surface area contributed by atoms with Crippen LogP contribution in [-0.2, 0) is 14.8 Å². The second-order valence-corrected chi connectivity index (χ2v) is 11.1. The minimum Gasteiger partial charge on any atom is -0.372 e. The van der Waals surface area contributed by atoms with E-state index in [-0.39, 0.29) is 23.4 Å². The summed E-state index contributed by atoms with van der Waals surface area (Å²) in [5.74, 6) is -0.361. The summed E-state index contributed by atoms with van der Waals surface area (Å²) in [7, 11) is -3.93. The molecule has 1 amide bonds. The molecular formula is C28H33N3O3S. The molecule has 3 aromatic carbocycles. The summed E-state index contributed by atoms with van der Waals surface area (Å²) in [6.07, 6.45) is 2.44. The maximum atomic E-state index is 13.6. The van der Waals surface area contributed by atoms with Crippen LogP contribution in [0.5, 0.6) is 0 Å². The first kappa shape index (κ1) is 24.8. The zero-order valence-electron chi connectivity index (χ0n) is 20.6. The van der Waals surface area contributed by atoms with Gasteiger partial charge in [0.1, 0.15) is 6.54 Å². The summed E-state index contributed by atoms with van der Waals surface area (Å²) < 4.78 is 28.3. The topological polar surface area (TPSA) is 69.7 Å². The van der Waals surface area contributed by atoms with Crippen LogP contribution >= 0.6 is 0 Å². The molecule has 35 heavy (non-hydrogen) atoms. The van der Waals surface area contributed by atoms with Gasteiger partial charge in [0.05, 0.1) is 16.6 Å². The number of sulfonamides is 1. The van der Waals surface area contributed by atoms with Crippen LogP contribution in [0, 0.1) is 13.8 Å². The summed E-state index contributed by atoms with van der Waals surface area (Å²) in [4.78, 5) is 15.6. The zero-order valence-corrected chi connectivity index (χ0v) is 21.4. The van der Waals surface area contributed by atoms with E-state index in [1.165, 1.54) is 22.8 Å². The molecule has 0 saturated carbocycles. The van der Waals surface area contributed by atoms with Gasteiger partial charge in [-0.15, -0.1) is 0 Å². The number of rotatable bonds is 8. The fourth-order valence-corrected chi connectivity index (χ4v) is 6.06. The number of carbonyl (C=O) groups excluding carboxylic acids is 1. The Morgan fingerprint density at radius 2 is 1.63 bits per heavy atom. The molecule has 184 valence electrons. The lowest BCUT2D eigenvalue weighted by Gasteiger charge is -2.27. The number of nitrogens with one attached hydrogen (secondary N) is 1. The van der Waals surface area contributed by atoms with Gasteiger partial charge in [-0.25, -0.2) is 8.42 Å². The van der Waals surface area contributed by atoms with Crippen LogP contribution in [0.2, 0.25) is 0 Å². The second-order valence-electron chi connectivity index (χ2n) is 9.19. The highest BCUT2D eigenvalue weighted by Crippen LogP contribution is 2.28. The van der Waals surface area contributed by atoms with Crippen molar-refractivity contribution < 1.29 is 13.2 Å². The van der Waals surface area contributed by atoms with E-state index in [0.29, 0.717) is 5.69 Å². The third-order valence-electron chi connectivity index (χ3n) is 6.48. The number of anilines is 2. The highest BCUT2D eigenvalue weighted by atomic mass is 32.2. The number of benzene rings is 3. The van der Waals surface area contributed by atoms with Gasteiger partial charge >= 0.3 is 0 Å². The first-order valence-corrected chi connectivity index (χ1v) is 13.5. The summed E-state index contributed by atoms with van der Waals surface area (Å²) in [6.45, 7) is 7.58. The van der Waals surface area contributed by atoms with Gasteiger partial charge in [0.2, 0.25) is 5.91 Å².